The molecule has 3 heterocycles. The fraction of sp³-hybridized carbons (Fsp3) is 0.696. The van der Waals surface area contributed by atoms with E-state index in [0.29, 0.717) is 6.04 Å². The maximum atomic E-state index is 6.03. The summed E-state index contributed by atoms with van der Waals surface area (Å²) in [7, 11) is 1.83. The van der Waals surface area contributed by atoms with Gasteiger partial charge >= 0.3 is 0 Å². The lowest BCUT2D eigenvalue weighted by Gasteiger charge is -2.35. The molecular formula is C23H38IN5O. The van der Waals surface area contributed by atoms with Crippen molar-refractivity contribution in [1.29, 1.82) is 0 Å². The van der Waals surface area contributed by atoms with Crippen LogP contribution in [-0.4, -0.2) is 74.3 Å². The summed E-state index contributed by atoms with van der Waals surface area (Å²) < 4.78 is 6.03. The molecule has 3 aliphatic rings. The molecule has 0 bridgehead atoms. The number of piperidine rings is 1. The first-order valence-corrected chi connectivity index (χ1v) is 11.4. The molecule has 0 aromatic heterocycles. The van der Waals surface area contributed by atoms with Crippen molar-refractivity contribution in [3.8, 4) is 0 Å². The number of aliphatic imine (C=N–C) groups is 1. The number of nitrogens with one attached hydrogen (secondary N) is 2. The van der Waals surface area contributed by atoms with Gasteiger partial charge in [0.25, 0.3) is 0 Å². The molecule has 168 valence electrons. The van der Waals surface area contributed by atoms with Gasteiger partial charge in [-0.2, -0.15) is 0 Å². The van der Waals surface area contributed by atoms with E-state index in [1.165, 1.54) is 62.9 Å². The maximum Gasteiger partial charge on any atom is 0.191 e. The van der Waals surface area contributed by atoms with E-state index < -0.39 is 0 Å². The highest BCUT2D eigenvalue weighted by Gasteiger charge is 2.32. The van der Waals surface area contributed by atoms with Crippen molar-refractivity contribution in [2.45, 2.75) is 57.3 Å². The summed E-state index contributed by atoms with van der Waals surface area (Å²) >= 11 is 0. The first kappa shape index (κ1) is 23.8. The van der Waals surface area contributed by atoms with Gasteiger partial charge in [0, 0.05) is 39.3 Å². The van der Waals surface area contributed by atoms with Gasteiger partial charge in [-0.3, -0.25) is 14.8 Å². The monoisotopic (exact) mass is 527 g/mol. The van der Waals surface area contributed by atoms with Gasteiger partial charge in [0.2, 0.25) is 0 Å². The van der Waals surface area contributed by atoms with Crippen molar-refractivity contribution in [1.82, 2.24) is 20.4 Å². The highest BCUT2D eigenvalue weighted by atomic mass is 127. The predicted molar refractivity (Wildman–Crippen MR) is 134 cm³/mol. The van der Waals surface area contributed by atoms with Crippen LogP contribution in [0.3, 0.4) is 0 Å². The normalized spacial score (nSPS) is 25.4. The third-order valence-electron chi connectivity index (χ3n) is 6.52. The van der Waals surface area contributed by atoms with E-state index in [1.807, 2.05) is 7.05 Å². The van der Waals surface area contributed by atoms with E-state index in [4.69, 9.17) is 4.74 Å². The minimum absolute atomic E-state index is 0. The highest BCUT2D eigenvalue weighted by molar-refractivity contribution is 14.0. The molecule has 1 aromatic carbocycles. The molecule has 0 saturated carbocycles. The van der Waals surface area contributed by atoms with Gasteiger partial charge in [0.05, 0.1) is 12.7 Å². The van der Waals surface area contributed by atoms with Gasteiger partial charge in [-0.15, -0.1) is 24.0 Å². The summed E-state index contributed by atoms with van der Waals surface area (Å²) in [5, 5.41) is 6.87. The second kappa shape index (κ2) is 12.2. The fourth-order valence-corrected chi connectivity index (χ4v) is 4.76. The maximum absolute atomic E-state index is 6.03. The van der Waals surface area contributed by atoms with Gasteiger partial charge in [-0.1, -0.05) is 30.7 Å². The van der Waals surface area contributed by atoms with Crippen LogP contribution in [0.2, 0.25) is 0 Å². The quantitative estimate of drug-likeness (QED) is 0.339. The Morgan fingerprint density at radius 2 is 1.80 bits per heavy atom. The van der Waals surface area contributed by atoms with Gasteiger partial charge in [0.1, 0.15) is 0 Å². The zero-order valence-corrected chi connectivity index (χ0v) is 20.6. The Kier molecular flexibility index (Phi) is 9.67. The summed E-state index contributed by atoms with van der Waals surface area (Å²) in [5.74, 6) is 0.842. The number of hydrogen-bond donors (Lipinski definition) is 2. The summed E-state index contributed by atoms with van der Waals surface area (Å²) in [4.78, 5) is 9.52. The van der Waals surface area contributed by atoms with Crippen LogP contribution in [-0.2, 0) is 17.8 Å². The van der Waals surface area contributed by atoms with Crippen LogP contribution < -0.4 is 10.6 Å². The van der Waals surface area contributed by atoms with Gasteiger partial charge in [-0.25, -0.2) is 0 Å². The molecule has 2 unspecified atom stereocenters. The molecule has 0 spiro atoms. The second-order valence-corrected chi connectivity index (χ2v) is 8.71. The second-order valence-electron chi connectivity index (χ2n) is 8.71. The van der Waals surface area contributed by atoms with Crippen molar-refractivity contribution in [3.05, 3.63) is 35.4 Å². The lowest BCUT2D eigenvalue weighted by atomic mass is 10.1. The summed E-state index contributed by atoms with van der Waals surface area (Å²) in [6.07, 6.45) is 6.94. The van der Waals surface area contributed by atoms with Crippen LogP contribution in [0, 0.1) is 0 Å². The number of ether oxygens (including phenoxy) is 1. The lowest BCUT2D eigenvalue weighted by Crippen LogP contribution is -2.51. The van der Waals surface area contributed by atoms with E-state index in [-0.39, 0.29) is 30.1 Å². The molecular weight excluding hydrogens is 489 g/mol. The predicted octanol–water partition coefficient (Wildman–Crippen LogP) is 2.82. The van der Waals surface area contributed by atoms with Crippen LogP contribution >= 0.6 is 24.0 Å². The largest absolute Gasteiger partial charge is 0.373 e. The summed E-state index contributed by atoms with van der Waals surface area (Å²) in [6, 6.07) is 9.66. The average Bonchev–Trinajstić information content (AvgIpc) is 3.24. The number of hydrogen-bond acceptors (Lipinski definition) is 4. The molecule has 2 atom stereocenters. The van der Waals surface area contributed by atoms with E-state index in [9.17, 15) is 0 Å². The molecule has 7 heteroatoms. The third kappa shape index (κ3) is 6.80. The Morgan fingerprint density at radius 3 is 2.57 bits per heavy atom. The Labute approximate surface area is 198 Å². The Morgan fingerprint density at radius 1 is 1.03 bits per heavy atom. The molecule has 4 rings (SSSR count). The number of rotatable bonds is 6. The van der Waals surface area contributed by atoms with Crippen molar-refractivity contribution in [3.63, 3.8) is 0 Å². The highest BCUT2D eigenvalue weighted by Crippen LogP contribution is 2.22. The van der Waals surface area contributed by atoms with Crippen LogP contribution in [0.5, 0.6) is 0 Å². The third-order valence-corrected chi connectivity index (χ3v) is 6.52. The fourth-order valence-electron chi connectivity index (χ4n) is 4.76. The number of morpholine rings is 1. The molecule has 6 nitrogen and oxygen atoms in total. The first-order chi connectivity index (χ1) is 14.3. The van der Waals surface area contributed by atoms with E-state index in [2.05, 4.69) is 49.7 Å². The molecule has 0 aliphatic carbocycles. The molecule has 3 aliphatic heterocycles. The van der Waals surface area contributed by atoms with E-state index in [1.54, 1.807) is 0 Å². The summed E-state index contributed by atoms with van der Waals surface area (Å²) in [5.41, 5.74) is 2.69. The Hall–Kier alpha value is -0.900. The molecule has 30 heavy (non-hydrogen) atoms. The van der Waals surface area contributed by atoms with Gasteiger partial charge < -0.3 is 15.4 Å². The Balaban J connectivity index is 0.00000256. The van der Waals surface area contributed by atoms with Gasteiger partial charge in [0.15, 0.2) is 5.96 Å². The van der Waals surface area contributed by atoms with Crippen LogP contribution in [0.15, 0.2) is 29.3 Å². The van der Waals surface area contributed by atoms with Crippen molar-refractivity contribution in [2.75, 3.05) is 46.4 Å². The number of fused-ring (bicyclic) bond motifs is 1. The first-order valence-electron chi connectivity index (χ1n) is 11.4. The van der Waals surface area contributed by atoms with Crippen molar-refractivity contribution >= 4 is 29.9 Å². The minimum Gasteiger partial charge on any atom is -0.373 e. The van der Waals surface area contributed by atoms with Crippen molar-refractivity contribution in [2.24, 2.45) is 4.99 Å². The molecule has 2 N–H and O–H groups in total. The average molecular weight is 527 g/mol. The van der Waals surface area contributed by atoms with E-state index >= 15 is 0 Å². The molecule has 3 saturated heterocycles. The molecule has 1 aromatic rings. The van der Waals surface area contributed by atoms with Crippen LogP contribution in [0.25, 0.3) is 0 Å². The number of nitrogens with zero attached hydrogens (tertiary/aromatic N) is 3. The number of guanidine groups is 1. The number of benzene rings is 1. The SMILES string of the molecule is CN=C(NCc1ccc(CN2CCCCC2)cc1)NCC1CN2CCCC2CO1.I. The Bertz CT molecular complexity index is 662. The van der Waals surface area contributed by atoms with Crippen molar-refractivity contribution < 1.29 is 4.74 Å². The van der Waals surface area contributed by atoms with Gasteiger partial charge in [-0.05, 0) is 56.4 Å². The zero-order valence-electron chi connectivity index (χ0n) is 18.3. The smallest absolute Gasteiger partial charge is 0.191 e. The summed E-state index contributed by atoms with van der Waals surface area (Å²) in [6.45, 7) is 8.29. The topological polar surface area (TPSA) is 52.1 Å². The molecule has 0 amide bonds. The minimum atomic E-state index is 0. The zero-order chi connectivity index (χ0) is 19.9. The van der Waals surface area contributed by atoms with E-state index in [0.717, 1.165) is 38.7 Å². The molecule has 0 radical (unpaired) electrons. The standard InChI is InChI=1S/C23H37N5O.HI/c1-24-23(26-15-22-17-28-13-5-6-21(28)18-29-22)25-14-19-7-9-20(10-8-19)16-27-11-3-2-4-12-27;/h7-10,21-22H,2-6,11-18H2,1H3,(H2,24,25,26);1H. The van der Waals surface area contributed by atoms with Crippen LogP contribution in [0.4, 0.5) is 0 Å². The number of likely N-dealkylation sites (tertiary alicyclic amines) is 1. The number of halogens is 1. The lowest BCUT2D eigenvalue weighted by molar-refractivity contribution is -0.0453. The molecule has 3 fully saturated rings. The van der Waals surface area contributed by atoms with Crippen LogP contribution in [0.1, 0.15) is 43.2 Å².